The fourth-order valence-electron chi connectivity index (χ4n) is 4.07. The van der Waals surface area contributed by atoms with Crippen LogP contribution in [0.25, 0.3) is 0 Å². The molecule has 0 aliphatic heterocycles. The zero-order valence-electron chi connectivity index (χ0n) is 16.6. The summed E-state index contributed by atoms with van der Waals surface area (Å²) in [6.07, 6.45) is 3.83. The molecule has 0 bridgehead atoms. The van der Waals surface area contributed by atoms with E-state index in [2.05, 4.69) is 97.5 Å². The molecule has 3 rings (SSSR count). The highest BCUT2D eigenvalue weighted by molar-refractivity contribution is 7.24. The van der Waals surface area contributed by atoms with Crippen molar-refractivity contribution in [1.29, 1.82) is 0 Å². The van der Waals surface area contributed by atoms with Gasteiger partial charge in [0.05, 0.1) is 0 Å². The Bertz CT molecular complexity index is 663. The molecule has 0 saturated carbocycles. The Morgan fingerprint density at radius 2 is 0.815 bits per heavy atom. The second kappa shape index (κ2) is 10.4. The van der Waals surface area contributed by atoms with Gasteiger partial charge < -0.3 is 0 Å². The van der Waals surface area contributed by atoms with Crippen LogP contribution in [0.15, 0.2) is 91.0 Å². The maximum absolute atomic E-state index is 2.59. The van der Waals surface area contributed by atoms with E-state index in [1.54, 1.807) is 0 Å². The third-order valence-corrected chi connectivity index (χ3v) is 19.2. The van der Waals surface area contributed by atoms with Crippen molar-refractivity contribution in [3.63, 3.8) is 0 Å². The van der Waals surface area contributed by atoms with Crippen molar-refractivity contribution in [1.82, 2.24) is 0 Å². The van der Waals surface area contributed by atoms with Crippen molar-refractivity contribution in [2.45, 2.75) is 43.9 Å². The van der Waals surface area contributed by atoms with Crippen molar-refractivity contribution >= 4 is 16.6 Å². The molecule has 0 N–H and O–H groups in total. The minimum atomic E-state index is -1.18. The second-order valence-corrected chi connectivity index (χ2v) is 19.6. The fraction of sp³-hybridized carbons (Fsp3) is 0.280. The molecule has 2 heteroatoms. The first-order valence-corrected chi connectivity index (χ1v) is 16.8. The van der Waals surface area contributed by atoms with Gasteiger partial charge in [-0.3, -0.25) is 0 Å². The van der Waals surface area contributed by atoms with Crippen LogP contribution in [0.4, 0.5) is 0 Å². The lowest BCUT2D eigenvalue weighted by Crippen LogP contribution is -2.42. The van der Waals surface area contributed by atoms with Crippen LogP contribution in [0, 0.1) is 0 Å². The van der Waals surface area contributed by atoms with Crippen molar-refractivity contribution in [2.75, 3.05) is 0 Å². The topological polar surface area (TPSA) is 0 Å². The van der Waals surface area contributed by atoms with Crippen LogP contribution >= 0.6 is 0 Å². The van der Waals surface area contributed by atoms with E-state index in [9.17, 15) is 0 Å². The van der Waals surface area contributed by atoms with Gasteiger partial charge >= 0.3 is 0 Å². The van der Waals surface area contributed by atoms with Crippen molar-refractivity contribution in [3.05, 3.63) is 108 Å². The summed E-state index contributed by atoms with van der Waals surface area (Å²) < 4.78 is 0. The van der Waals surface area contributed by atoms with Crippen LogP contribution in [0.2, 0.25) is 24.7 Å². The normalized spacial score (nSPS) is 11.9. The van der Waals surface area contributed by atoms with Gasteiger partial charge in [0.15, 0.2) is 0 Å². The monoisotopic (exact) mass is 388 g/mol. The molecule has 0 atom stereocenters. The van der Waals surface area contributed by atoms with E-state index >= 15 is 0 Å². The molecule has 0 aliphatic rings. The van der Waals surface area contributed by atoms with Gasteiger partial charge in [-0.15, -0.1) is 0 Å². The maximum Gasteiger partial charge on any atom is 0.0408 e. The Morgan fingerprint density at radius 1 is 0.519 bits per heavy atom. The molecule has 0 spiro atoms. The van der Waals surface area contributed by atoms with Crippen LogP contribution in [0.5, 0.6) is 0 Å². The summed E-state index contributed by atoms with van der Waals surface area (Å²) in [6.45, 7) is 2.59. The van der Waals surface area contributed by atoms with Crippen molar-refractivity contribution in [3.8, 4) is 0 Å². The van der Waals surface area contributed by atoms with Gasteiger partial charge in [0.25, 0.3) is 0 Å². The highest BCUT2D eigenvalue weighted by Crippen LogP contribution is 2.27. The Kier molecular flexibility index (Phi) is 7.67. The Morgan fingerprint density at radius 3 is 1.07 bits per heavy atom. The van der Waals surface area contributed by atoms with Crippen LogP contribution in [0.3, 0.4) is 0 Å². The van der Waals surface area contributed by atoms with Crippen molar-refractivity contribution < 1.29 is 0 Å². The first-order valence-electron chi connectivity index (χ1n) is 10.4. The molecule has 0 aromatic heterocycles. The highest BCUT2D eigenvalue weighted by atomic mass is 29.2. The van der Waals surface area contributed by atoms with E-state index < -0.39 is 7.59 Å². The van der Waals surface area contributed by atoms with Gasteiger partial charge in [-0.25, -0.2) is 0 Å². The second-order valence-electron chi connectivity index (χ2n) is 7.81. The summed E-state index contributed by atoms with van der Waals surface area (Å²) >= 11 is 0. The number of hydrogen-bond acceptors (Lipinski definition) is 0. The van der Waals surface area contributed by atoms with Gasteiger partial charge in [-0.2, -0.15) is 0 Å². The summed E-state index contributed by atoms with van der Waals surface area (Å²) in [5.74, 6) is 0. The van der Waals surface area contributed by atoms with Crippen molar-refractivity contribution in [2.24, 2.45) is 0 Å². The molecular formula is C25H32Si2. The van der Waals surface area contributed by atoms with Gasteiger partial charge in [0.1, 0.15) is 0 Å². The van der Waals surface area contributed by atoms with Crippen LogP contribution in [-0.2, 0) is 19.3 Å². The first kappa shape index (κ1) is 19.8. The number of hydrogen-bond donors (Lipinski definition) is 0. The van der Waals surface area contributed by atoms with E-state index in [0.717, 1.165) is 0 Å². The molecule has 140 valence electrons. The predicted molar refractivity (Wildman–Crippen MR) is 125 cm³/mol. The van der Waals surface area contributed by atoms with E-state index in [0.29, 0.717) is 0 Å². The lowest BCUT2D eigenvalue weighted by molar-refractivity contribution is 0.989. The molecule has 0 aliphatic carbocycles. The molecule has 0 unspecified atom stereocenters. The fourth-order valence-corrected chi connectivity index (χ4v) is 13.1. The molecule has 3 aromatic rings. The zero-order valence-corrected chi connectivity index (χ0v) is 19.0. The summed E-state index contributed by atoms with van der Waals surface area (Å²) in [5.41, 5.74) is 4.57. The highest BCUT2D eigenvalue weighted by Gasteiger charge is 2.30. The molecule has 0 nitrogen and oxygen atoms in total. The SMILES string of the molecule is C[SiH2][Si](CCc1ccccc1)(CCc1ccccc1)CCc1ccccc1. The lowest BCUT2D eigenvalue weighted by Gasteiger charge is -2.31. The Balaban J connectivity index is 1.70. The number of aryl methyl sites for hydroxylation is 3. The molecule has 3 aromatic carbocycles. The van der Waals surface area contributed by atoms with Crippen LogP contribution < -0.4 is 0 Å². The molecular weight excluding hydrogens is 356 g/mol. The third kappa shape index (κ3) is 6.33. The van der Waals surface area contributed by atoms with E-state index in [-0.39, 0.29) is 9.04 Å². The molecule has 0 amide bonds. The lowest BCUT2D eigenvalue weighted by atomic mass is 10.2. The summed E-state index contributed by atoms with van der Waals surface area (Å²) in [6, 6.07) is 37.8. The molecule has 0 radical (unpaired) electrons. The average molecular weight is 389 g/mol. The van der Waals surface area contributed by atoms with E-state index in [1.807, 2.05) is 0 Å². The molecule has 27 heavy (non-hydrogen) atoms. The van der Waals surface area contributed by atoms with Gasteiger partial charge in [-0.1, -0.05) is 116 Å². The minimum absolute atomic E-state index is 0.0124. The summed E-state index contributed by atoms with van der Waals surface area (Å²) in [7, 11) is -1.17. The number of benzene rings is 3. The summed E-state index contributed by atoms with van der Waals surface area (Å²) in [4.78, 5) is 0. The van der Waals surface area contributed by atoms with Gasteiger partial charge in [-0.05, 0) is 36.0 Å². The quantitative estimate of drug-likeness (QED) is 0.381. The largest absolute Gasteiger partial charge is 0.0766 e. The smallest absolute Gasteiger partial charge is 0.0408 e. The van der Waals surface area contributed by atoms with Gasteiger partial charge in [0.2, 0.25) is 0 Å². The molecule has 0 saturated heterocycles. The van der Waals surface area contributed by atoms with Gasteiger partial charge in [0, 0.05) is 16.6 Å². The minimum Gasteiger partial charge on any atom is -0.0766 e. The third-order valence-electron chi connectivity index (χ3n) is 6.11. The first-order chi connectivity index (χ1) is 13.3. The zero-order chi connectivity index (χ0) is 18.8. The Hall–Kier alpha value is -1.91. The van der Waals surface area contributed by atoms with E-state index in [4.69, 9.17) is 0 Å². The standard InChI is InChI=1S/C25H32Si2/c1-26-27(20-17-23-11-5-2-6-12-23,21-18-24-13-7-3-8-14-24)22-19-25-15-9-4-10-16-25/h2-16H,17-22,26H2,1H3. The Labute approximate surface area is 168 Å². The summed E-state index contributed by atoms with van der Waals surface area (Å²) in [5, 5.41) is 0. The predicted octanol–water partition coefficient (Wildman–Crippen LogP) is 5.88. The maximum atomic E-state index is 2.59. The van der Waals surface area contributed by atoms with Crippen LogP contribution in [-0.4, -0.2) is 16.6 Å². The average Bonchev–Trinajstić information content (AvgIpc) is 2.76. The van der Waals surface area contributed by atoms with Crippen LogP contribution in [0.1, 0.15) is 16.7 Å². The number of rotatable bonds is 10. The molecule has 0 heterocycles. The van der Waals surface area contributed by atoms with E-state index in [1.165, 1.54) is 54.1 Å². The molecule has 0 fully saturated rings.